The summed E-state index contributed by atoms with van der Waals surface area (Å²) in [6.07, 6.45) is 3.40. The van der Waals surface area contributed by atoms with Gasteiger partial charge < -0.3 is 10.6 Å². The second-order valence-corrected chi connectivity index (χ2v) is 4.58. The van der Waals surface area contributed by atoms with Gasteiger partial charge in [-0.25, -0.2) is 15.0 Å². The highest BCUT2D eigenvalue weighted by Gasteiger charge is 2.00. The van der Waals surface area contributed by atoms with E-state index in [0.29, 0.717) is 6.54 Å². The van der Waals surface area contributed by atoms with Crippen LogP contribution in [-0.4, -0.2) is 22.0 Å². The zero-order valence-corrected chi connectivity index (χ0v) is 10.0. The molecule has 2 rings (SSSR count). The van der Waals surface area contributed by atoms with Crippen molar-refractivity contribution < 1.29 is 0 Å². The number of nitrogens with zero attached hydrogens (tertiary/aromatic N) is 3. The molecular formula is C10H13N5S. The fourth-order valence-corrected chi connectivity index (χ4v) is 1.97. The first-order chi connectivity index (χ1) is 7.78. The van der Waals surface area contributed by atoms with Gasteiger partial charge in [0.1, 0.15) is 23.0 Å². The molecule has 5 nitrogen and oxygen atoms in total. The molecule has 2 heterocycles. The average Bonchev–Trinajstić information content (AvgIpc) is 2.73. The summed E-state index contributed by atoms with van der Waals surface area (Å²) in [5.41, 5.74) is 0. The Morgan fingerprint density at radius 3 is 2.75 bits per heavy atom. The van der Waals surface area contributed by atoms with Gasteiger partial charge in [-0.15, -0.1) is 11.3 Å². The Balaban J connectivity index is 1.99. The minimum Gasteiger partial charge on any atom is -0.373 e. The van der Waals surface area contributed by atoms with E-state index in [1.54, 1.807) is 11.3 Å². The number of nitrogens with one attached hydrogen (secondary N) is 2. The highest BCUT2D eigenvalue weighted by atomic mass is 32.1. The molecule has 0 saturated carbocycles. The first-order valence-corrected chi connectivity index (χ1v) is 5.74. The third-order valence-corrected chi connectivity index (χ3v) is 2.93. The Bertz CT molecular complexity index is 468. The summed E-state index contributed by atoms with van der Waals surface area (Å²) in [6.45, 7) is 2.74. The Hall–Kier alpha value is -1.69. The lowest BCUT2D eigenvalue weighted by Gasteiger charge is -2.04. The molecule has 0 aromatic carbocycles. The topological polar surface area (TPSA) is 62.7 Å². The molecule has 0 bridgehead atoms. The number of rotatable bonds is 4. The Kier molecular flexibility index (Phi) is 3.31. The lowest BCUT2D eigenvalue weighted by molar-refractivity contribution is 1.06. The van der Waals surface area contributed by atoms with E-state index in [2.05, 4.69) is 25.6 Å². The van der Waals surface area contributed by atoms with Crippen LogP contribution in [0.15, 0.2) is 18.6 Å². The van der Waals surface area contributed by atoms with Crippen molar-refractivity contribution in [3.63, 3.8) is 0 Å². The third-order valence-electron chi connectivity index (χ3n) is 2.01. The third kappa shape index (κ3) is 2.66. The maximum Gasteiger partial charge on any atom is 0.131 e. The molecule has 2 aromatic rings. The van der Waals surface area contributed by atoms with Crippen LogP contribution in [-0.2, 0) is 6.54 Å². The molecule has 0 amide bonds. The lowest BCUT2D eigenvalue weighted by atomic mass is 10.5. The summed E-state index contributed by atoms with van der Waals surface area (Å²) >= 11 is 1.68. The minimum absolute atomic E-state index is 0.693. The van der Waals surface area contributed by atoms with Gasteiger partial charge >= 0.3 is 0 Å². The van der Waals surface area contributed by atoms with Crippen molar-refractivity contribution in [3.05, 3.63) is 28.5 Å². The normalized spacial score (nSPS) is 10.1. The van der Waals surface area contributed by atoms with Gasteiger partial charge in [0.25, 0.3) is 0 Å². The zero-order chi connectivity index (χ0) is 11.4. The second kappa shape index (κ2) is 4.89. The second-order valence-electron chi connectivity index (χ2n) is 3.26. The molecule has 0 fully saturated rings. The molecule has 0 unspecified atom stereocenters. The van der Waals surface area contributed by atoms with Crippen LogP contribution in [0.25, 0.3) is 0 Å². The first-order valence-electron chi connectivity index (χ1n) is 4.93. The van der Waals surface area contributed by atoms with Crippen LogP contribution in [0.2, 0.25) is 0 Å². The summed E-state index contributed by atoms with van der Waals surface area (Å²) < 4.78 is 0. The van der Waals surface area contributed by atoms with Crippen molar-refractivity contribution >= 4 is 23.0 Å². The van der Waals surface area contributed by atoms with Crippen LogP contribution in [0.3, 0.4) is 0 Å². The van der Waals surface area contributed by atoms with Crippen molar-refractivity contribution in [3.8, 4) is 0 Å². The number of hydrogen-bond acceptors (Lipinski definition) is 6. The molecule has 84 valence electrons. The van der Waals surface area contributed by atoms with Crippen LogP contribution in [0.4, 0.5) is 11.6 Å². The summed E-state index contributed by atoms with van der Waals surface area (Å²) in [7, 11) is 1.83. The SMILES string of the molecule is CNc1cc(NCc2ncc(C)s2)ncn1. The van der Waals surface area contributed by atoms with Gasteiger partial charge in [0, 0.05) is 24.2 Å². The number of aryl methyl sites for hydroxylation is 1. The molecule has 6 heteroatoms. The standard InChI is InChI=1S/C10H13N5S/c1-7-4-13-10(16-7)5-12-9-3-8(11-2)14-6-15-9/h3-4,6H,5H2,1-2H3,(H2,11,12,14,15). The molecule has 0 saturated heterocycles. The van der Waals surface area contributed by atoms with Crippen LogP contribution in [0.5, 0.6) is 0 Å². The molecule has 2 N–H and O–H groups in total. The van der Waals surface area contributed by atoms with Gasteiger partial charge in [-0.3, -0.25) is 0 Å². The monoisotopic (exact) mass is 235 g/mol. The molecule has 0 radical (unpaired) electrons. The largest absolute Gasteiger partial charge is 0.373 e. The number of thiazole rings is 1. The predicted octanol–water partition coefficient (Wildman–Crippen LogP) is 1.90. The van der Waals surface area contributed by atoms with Crippen LogP contribution >= 0.6 is 11.3 Å². The van der Waals surface area contributed by atoms with E-state index >= 15 is 0 Å². The van der Waals surface area contributed by atoms with E-state index in [1.165, 1.54) is 11.2 Å². The van der Waals surface area contributed by atoms with E-state index < -0.39 is 0 Å². The van der Waals surface area contributed by atoms with Gasteiger partial charge in [-0.1, -0.05) is 0 Å². The van der Waals surface area contributed by atoms with Crippen LogP contribution in [0.1, 0.15) is 9.88 Å². The quantitative estimate of drug-likeness (QED) is 0.847. The summed E-state index contributed by atoms with van der Waals surface area (Å²) in [4.78, 5) is 13.7. The van der Waals surface area contributed by atoms with Gasteiger partial charge in [0.05, 0.1) is 6.54 Å². The number of aromatic nitrogens is 3. The zero-order valence-electron chi connectivity index (χ0n) is 9.19. The smallest absolute Gasteiger partial charge is 0.131 e. The molecule has 0 aliphatic heterocycles. The number of anilines is 2. The van der Waals surface area contributed by atoms with E-state index in [-0.39, 0.29) is 0 Å². The van der Waals surface area contributed by atoms with E-state index in [1.807, 2.05) is 26.2 Å². The Labute approximate surface area is 98.0 Å². The average molecular weight is 235 g/mol. The Morgan fingerprint density at radius 1 is 1.25 bits per heavy atom. The predicted molar refractivity (Wildman–Crippen MR) is 65.8 cm³/mol. The molecule has 0 aliphatic rings. The van der Waals surface area contributed by atoms with Gasteiger partial charge in [-0.2, -0.15) is 0 Å². The summed E-state index contributed by atoms with van der Waals surface area (Å²) in [5, 5.41) is 7.23. The van der Waals surface area contributed by atoms with Crippen molar-refractivity contribution in [2.75, 3.05) is 17.7 Å². The maximum atomic E-state index is 4.27. The fourth-order valence-electron chi connectivity index (χ4n) is 1.24. The summed E-state index contributed by atoms with van der Waals surface area (Å²) in [6, 6.07) is 1.86. The van der Waals surface area contributed by atoms with Gasteiger partial charge in [0.2, 0.25) is 0 Å². The lowest BCUT2D eigenvalue weighted by Crippen LogP contribution is -2.02. The highest BCUT2D eigenvalue weighted by molar-refractivity contribution is 7.11. The molecule has 2 aromatic heterocycles. The van der Waals surface area contributed by atoms with Gasteiger partial charge in [0.15, 0.2) is 0 Å². The fraction of sp³-hybridized carbons (Fsp3) is 0.300. The van der Waals surface area contributed by atoms with Crippen molar-refractivity contribution in [1.82, 2.24) is 15.0 Å². The maximum absolute atomic E-state index is 4.27. The minimum atomic E-state index is 0.693. The molecule has 0 spiro atoms. The van der Waals surface area contributed by atoms with E-state index in [4.69, 9.17) is 0 Å². The molecule has 0 atom stereocenters. The van der Waals surface area contributed by atoms with Crippen molar-refractivity contribution in [1.29, 1.82) is 0 Å². The van der Waals surface area contributed by atoms with Gasteiger partial charge in [-0.05, 0) is 6.92 Å². The molecular weight excluding hydrogens is 222 g/mol. The Morgan fingerprint density at radius 2 is 2.06 bits per heavy atom. The van der Waals surface area contributed by atoms with Crippen molar-refractivity contribution in [2.45, 2.75) is 13.5 Å². The first kappa shape index (κ1) is 10.8. The van der Waals surface area contributed by atoms with Crippen molar-refractivity contribution in [2.24, 2.45) is 0 Å². The number of hydrogen-bond donors (Lipinski definition) is 2. The molecule has 16 heavy (non-hydrogen) atoms. The van der Waals surface area contributed by atoms with Crippen LogP contribution in [0, 0.1) is 6.92 Å². The van der Waals surface area contributed by atoms with E-state index in [0.717, 1.165) is 16.6 Å². The van der Waals surface area contributed by atoms with Crippen LogP contribution < -0.4 is 10.6 Å². The summed E-state index contributed by atoms with van der Waals surface area (Å²) in [5.74, 6) is 1.60. The van der Waals surface area contributed by atoms with E-state index in [9.17, 15) is 0 Å². The molecule has 0 aliphatic carbocycles. The highest BCUT2D eigenvalue weighted by Crippen LogP contribution is 2.13.